The van der Waals surface area contributed by atoms with Crippen LogP contribution in [0, 0.1) is 6.92 Å². The van der Waals surface area contributed by atoms with Gasteiger partial charge < -0.3 is 19.0 Å². The van der Waals surface area contributed by atoms with E-state index >= 15 is 0 Å². The van der Waals surface area contributed by atoms with E-state index in [2.05, 4.69) is 10.5 Å². The molecule has 0 bridgehead atoms. The summed E-state index contributed by atoms with van der Waals surface area (Å²) in [5.41, 5.74) is 4.45. The number of hydrogen-bond acceptors (Lipinski definition) is 6. The topological polar surface area (TPSA) is 110 Å². The Morgan fingerprint density at radius 3 is 2.33 bits per heavy atom. The number of carboxylic acids is 1. The zero-order valence-electron chi connectivity index (χ0n) is 16.6. The number of carbonyl (C=O) groups excluding carboxylic acids is 1. The van der Waals surface area contributed by atoms with E-state index in [1.165, 1.54) is 26.5 Å². The van der Waals surface area contributed by atoms with Gasteiger partial charge in [0.05, 0.1) is 26.0 Å². The van der Waals surface area contributed by atoms with E-state index in [1.807, 2.05) is 6.92 Å². The number of hydrogen-bond donors (Lipinski definition) is 2. The second kappa shape index (κ2) is 8.95. The van der Waals surface area contributed by atoms with E-state index in [-0.39, 0.29) is 5.56 Å². The molecule has 0 aliphatic heterocycles. The third-order valence-corrected chi connectivity index (χ3v) is 4.35. The first-order valence-electron chi connectivity index (χ1n) is 8.92. The largest absolute Gasteiger partial charge is 0.497 e. The summed E-state index contributed by atoms with van der Waals surface area (Å²) in [6.45, 7) is 1.86. The number of ether oxygens (including phenoxy) is 2. The smallest absolute Gasteiger partial charge is 0.335 e. The van der Waals surface area contributed by atoms with Crippen molar-refractivity contribution in [3.8, 4) is 22.8 Å². The maximum Gasteiger partial charge on any atom is 0.335 e. The molecular weight excluding hydrogens is 388 g/mol. The predicted octanol–water partition coefficient (Wildman–Crippen LogP) is 3.73. The van der Waals surface area contributed by atoms with Crippen molar-refractivity contribution in [2.45, 2.75) is 6.92 Å². The molecule has 1 amide bonds. The zero-order valence-corrected chi connectivity index (χ0v) is 16.6. The molecule has 3 aromatic rings. The van der Waals surface area contributed by atoms with Crippen LogP contribution >= 0.6 is 0 Å². The van der Waals surface area contributed by atoms with Gasteiger partial charge >= 0.3 is 5.97 Å². The van der Waals surface area contributed by atoms with Crippen LogP contribution < -0.4 is 14.9 Å². The second-order valence-corrected chi connectivity index (χ2v) is 6.34. The molecule has 0 unspecified atom stereocenters. The Morgan fingerprint density at radius 1 is 1.00 bits per heavy atom. The molecule has 0 aliphatic carbocycles. The van der Waals surface area contributed by atoms with E-state index in [0.29, 0.717) is 34.1 Å². The van der Waals surface area contributed by atoms with E-state index in [1.54, 1.807) is 42.5 Å². The van der Waals surface area contributed by atoms with Gasteiger partial charge in [-0.15, -0.1) is 0 Å². The molecule has 0 saturated heterocycles. The highest BCUT2D eigenvalue weighted by Gasteiger charge is 2.12. The molecule has 0 saturated carbocycles. The molecule has 1 aromatic heterocycles. The Labute approximate surface area is 172 Å². The van der Waals surface area contributed by atoms with Gasteiger partial charge in [0.25, 0.3) is 5.91 Å². The number of nitrogens with zero attached hydrogens (tertiary/aromatic N) is 1. The van der Waals surface area contributed by atoms with Crippen LogP contribution in [0.25, 0.3) is 11.3 Å². The molecule has 2 N–H and O–H groups in total. The maximum atomic E-state index is 12.3. The standard InChI is InChI=1S/C22H20N2O6/c1-13-4-5-14(22(26)27)10-19(13)20-7-6-16(30-20)12-23-24-21(25)15-8-17(28-2)11-18(9-15)29-3/h4-12H,1-3H3,(H,24,25)(H,26,27). The molecule has 1 heterocycles. The van der Waals surface area contributed by atoms with Crippen molar-refractivity contribution in [2.75, 3.05) is 14.2 Å². The summed E-state index contributed by atoms with van der Waals surface area (Å²) < 4.78 is 16.0. The van der Waals surface area contributed by atoms with E-state index in [4.69, 9.17) is 13.9 Å². The molecule has 30 heavy (non-hydrogen) atoms. The summed E-state index contributed by atoms with van der Waals surface area (Å²) in [5, 5.41) is 13.1. The molecule has 0 aliphatic rings. The van der Waals surface area contributed by atoms with Gasteiger partial charge in [-0.3, -0.25) is 4.79 Å². The van der Waals surface area contributed by atoms with Crippen molar-refractivity contribution >= 4 is 18.1 Å². The molecule has 0 radical (unpaired) electrons. The number of aryl methyl sites for hydroxylation is 1. The predicted molar refractivity (Wildman–Crippen MR) is 110 cm³/mol. The monoisotopic (exact) mass is 408 g/mol. The molecule has 0 atom stereocenters. The van der Waals surface area contributed by atoms with Gasteiger partial charge in [0.15, 0.2) is 0 Å². The maximum absolute atomic E-state index is 12.3. The lowest BCUT2D eigenvalue weighted by molar-refractivity contribution is 0.0696. The summed E-state index contributed by atoms with van der Waals surface area (Å²) in [5.74, 6) is 0.410. The minimum absolute atomic E-state index is 0.170. The molecule has 2 aromatic carbocycles. The van der Waals surface area contributed by atoms with Crippen LogP contribution in [0.15, 0.2) is 58.0 Å². The first-order chi connectivity index (χ1) is 14.4. The van der Waals surface area contributed by atoms with Gasteiger partial charge in [-0.05, 0) is 48.9 Å². The summed E-state index contributed by atoms with van der Waals surface area (Å²) in [6, 6.07) is 13.0. The van der Waals surface area contributed by atoms with Crippen molar-refractivity contribution in [1.82, 2.24) is 5.43 Å². The summed E-state index contributed by atoms with van der Waals surface area (Å²) in [7, 11) is 2.99. The lowest BCUT2D eigenvalue weighted by atomic mass is 10.0. The SMILES string of the molecule is COc1cc(OC)cc(C(=O)NN=Cc2ccc(-c3cc(C(=O)O)ccc3C)o2)c1. The van der Waals surface area contributed by atoms with Crippen molar-refractivity contribution in [3.63, 3.8) is 0 Å². The lowest BCUT2D eigenvalue weighted by Crippen LogP contribution is -2.17. The fraction of sp³-hybridized carbons (Fsp3) is 0.136. The third kappa shape index (κ3) is 4.67. The van der Waals surface area contributed by atoms with Gasteiger partial charge in [-0.2, -0.15) is 5.10 Å². The second-order valence-electron chi connectivity index (χ2n) is 6.34. The lowest BCUT2D eigenvalue weighted by Gasteiger charge is -2.07. The van der Waals surface area contributed by atoms with Crippen molar-refractivity contribution in [3.05, 3.63) is 71.0 Å². The van der Waals surface area contributed by atoms with Gasteiger partial charge in [0.1, 0.15) is 23.0 Å². The summed E-state index contributed by atoms with van der Waals surface area (Å²) >= 11 is 0. The number of methoxy groups -OCH3 is 2. The number of benzene rings is 2. The Morgan fingerprint density at radius 2 is 1.70 bits per heavy atom. The highest BCUT2D eigenvalue weighted by atomic mass is 16.5. The minimum atomic E-state index is -1.01. The number of aromatic carboxylic acids is 1. The number of amides is 1. The van der Waals surface area contributed by atoms with Crippen LogP contribution in [0.1, 0.15) is 32.0 Å². The quantitative estimate of drug-likeness (QED) is 0.455. The van der Waals surface area contributed by atoms with E-state index in [0.717, 1.165) is 5.56 Å². The first-order valence-corrected chi connectivity index (χ1v) is 8.92. The van der Waals surface area contributed by atoms with E-state index < -0.39 is 11.9 Å². The van der Waals surface area contributed by atoms with E-state index in [9.17, 15) is 14.7 Å². The average molecular weight is 408 g/mol. The fourth-order valence-corrected chi connectivity index (χ4v) is 2.75. The number of rotatable bonds is 7. The van der Waals surface area contributed by atoms with Crippen LogP contribution in [0.3, 0.4) is 0 Å². The Hall–Kier alpha value is -4.07. The molecule has 3 rings (SSSR count). The number of carboxylic acid groups (broad SMARTS) is 1. The molecular formula is C22H20N2O6. The highest BCUT2D eigenvalue weighted by molar-refractivity contribution is 5.95. The van der Waals surface area contributed by atoms with Crippen LogP contribution in [0.5, 0.6) is 11.5 Å². The van der Waals surface area contributed by atoms with Crippen molar-refractivity contribution in [1.29, 1.82) is 0 Å². The summed E-state index contributed by atoms with van der Waals surface area (Å²) in [4.78, 5) is 23.5. The Kier molecular flexibility index (Phi) is 6.17. The van der Waals surface area contributed by atoms with Crippen molar-refractivity contribution < 1.29 is 28.6 Å². The Balaban J connectivity index is 1.73. The van der Waals surface area contributed by atoms with Gasteiger partial charge in [0.2, 0.25) is 0 Å². The van der Waals surface area contributed by atoms with Gasteiger partial charge in [-0.1, -0.05) is 6.07 Å². The highest BCUT2D eigenvalue weighted by Crippen LogP contribution is 2.26. The van der Waals surface area contributed by atoms with Crippen LogP contribution in [0.2, 0.25) is 0 Å². The zero-order chi connectivity index (χ0) is 21.7. The van der Waals surface area contributed by atoms with Crippen LogP contribution in [-0.2, 0) is 0 Å². The first kappa shape index (κ1) is 20.7. The number of furan rings is 1. The molecule has 0 spiro atoms. The molecule has 8 nitrogen and oxygen atoms in total. The van der Waals surface area contributed by atoms with Gasteiger partial charge in [0, 0.05) is 17.2 Å². The number of carbonyl (C=O) groups is 2. The number of nitrogens with one attached hydrogen (secondary N) is 1. The van der Waals surface area contributed by atoms with Crippen LogP contribution in [-0.4, -0.2) is 37.4 Å². The molecule has 0 fully saturated rings. The molecule has 8 heteroatoms. The molecule has 154 valence electrons. The normalized spacial score (nSPS) is 10.8. The summed E-state index contributed by atoms with van der Waals surface area (Å²) in [6.07, 6.45) is 1.36. The Bertz CT molecular complexity index is 1090. The average Bonchev–Trinajstić information content (AvgIpc) is 3.21. The van der Waals surface area contributed by atoms with Gasteiger partial charge in [-0.25, -0.2) is 10.2 Å². The minimum Gasteiger partial charge on any atom is -0.497 e. The fourth-order valence-electron chi connectivity index (χ4n) is 2.75. The van der Waals surface area contributed by atoms with Crippen LogP contribution in [0.4, 0.5) is 0 Å². The third-order valence-electron chi connectivity index (χ3n) is 4.35. The van der Waals surface area contributed by atoms with Crippen molar-refractivity contribution in [2.24, 2.45) is 5.10 Å². The number of hydrazone groups is 1.